The molecule has 1 amide bonds. The second kappa shape index (κ2) is 5.91. The first-order valence-corrected chi connectivity index (χ1v) is 6.41. The number of halogens is 1. The second-order valence-corrected chi connectivity index (χ2v) is 4.67. The minimum absolute atomic E-state index is 0.131. The predicted octanol–water partition coefficient (Wildman–Crippen LogP) is 2.70. The molecule has 1 heterocycles. The molecule has 1 aromatic carbocycles. The molecule has 0 unspecified atom stereocenters. The zero-order chi connectivity index (χ0) is 12.1. The normalized spacial score (nSPS) is 15.0. The van der Waals surface area contributed by atoms with Crippen molar-refractivity contribution in [3.63, 3.8) is 0 Å². The van der Waals surface area contributed by atoms with Crippen molar-refractivity contribution >= 4 is 23.7 Å². The largest absolute Gasteiger partial charge is 0.376 e. The van der Waals surface area contributed by atoms with Gasteiger partial charge in [-0.2, -0.15) is 3.89 Å². The molecule has 0 radical (unpaired) electrons. The molecule has 3 nitrogen and oxygen atoms in total. The number of hydrogen-bond acceptors (Lipinski definition) is 3. The summed E-state index contributed by atoms with van der Waals surface area (Å²) in [5.74, 6) is 0.131. The molecule has 1 aliphatic rings. The summed E-state index contributed by atoms with van der Waals surface area (Å²) in [7, 11) is 0. The molecule has 1 fully saturated rings. The smallest absolute Gasteiger partial charge is 0.241 e. The van der Waals surface area contributed by atoms with E-state index in [-0.39, 0.29) is 18.1 Å². The standard InChI is InChI=1S/C12H15FN2OS/c13-17-11-5-3-10(4-6-11)14-9-12(16)15-7-1-2-8-15/h3-6,14H,1-2,7-9H2. The summed E-state index contributed by atoms with van der Waals surface area (Å²) in [5, 5.41) is 3.05. The third-order valence-corrected chi connectivity index (χ3v) is 3.30. The van der Waals surface area contributed by atoms with Crippen molar-refractivity contribution in [2.45, 2.75) is 17.7 Å². The highest BCUT2D eigenvalue weighted by molar-refractivity contribution is 7.94. The topological polar surface area (TPSA) is 32.3 Å². The summed E-state index contributed by atoms with van der Waals surface area (Å²) in [6.45, 7) is 2.05. The average molecular weight is 254 g/mol. The monoisotopic (exact) mass is 254 g/mol. The van der Waals surface area contributed by atoms with Gasteiger partial charge in [0, 0.05) is 23.7 Å². The highest BCUT2D eigenvalue weighted by atomic mass is 32.2. The van der Waals surface area contributed by atoms with Crippen molar-refractivity contribution in [3.05, 3.63) is 24.3 Å². The van der Waals surface area contributed by atoms with E-state index in [4.69, 9.17) is 0 Å². The Morgan fingerprint density at radius 2 is 1.94 bits per heavy atom. The van der Waals surface area contributed by atoms with Gasteiger partial charge < -0.3 is 10.2 Å². The molecule has 0 saturated carbocycles. The molecule has 1 saturated heterocycles. The fourth-order valence-electron chi connectivity index (χ4n) is 1.88. The third kappa shape index (κ3) is 3.36. The molecule has 0 spiro atoms. The summed E-state index contributed by atoms with van der Waals surface area (Å²) >= 11 is 0.219. The van der Waals surface area contributed by atoms with Gasteiger partial charge in [-0.1, -0.05) is 0 Å². The maximum absolute atomic E-state index is 12.2. The zero-order valence-electron chi connectivity index (χ0n) is 9.49. The van der Waals surface area contributed by atoms with Gasteiger partial charge in [0.05, 0.1) is 18.7 Å². The Bertz CT molecular complexity index is 377. The van der Waals surface area contributed by atoms with Gasteiger partial charge in [0.2, 0.25) is 5.91 Å². The quantitative estimate of drug-likeness (QED) is 0.896. The molecule has 1 N–H and O–H groups in total. The van der Waals surface area contributed by atoms with E-state index in [1.807, 2.05) is 4.90 Å². The van der Waals surface area contributed by atoms with E-state index < -0.39 is 0 Å². The van der Waals surface area contributed by atoms with Crippen molar-refractivity contribution in [1.29, 1.82) is 0 Å². The number of benzene rings is 1. The number of nitrogens with one attached hydrogen (secondary N) is 1. The van der Waals surface area contributed by atoms with Crippen LogP contribution in [0, 0.1) is 0 Å². The van der Waals surface area contributed by atoms with Crippen LogP contribution in [0.25, 0.3) is 0 Å². The summed E-state index contributed by atoms with van der Waals surface area (Å²) in [6, 6.07) is 6.93. The van der Waals surface area contributed by atoms with Crippen LogP contribution in [0.1, 0.15) is 12.8 Å². The first-order valence-electron chi connectivity index (χ1n) is 5.70. The number of anilines is 1. The van der Waals surface area contributed by atoms with Crippen molar-refractivity contribution in [2.75, 3.05) is 25.0 Å². The maximum Gasteiger partial charge on any atom is 0.241 e. The van der Waals surface area contributed by atoms with Gasteiger partial charge in [0.15, 0.2) is 0 Å². The Kier molecular flexibility index (Phi) is 4.25. The fourth-order valence-corrected chi connectivity index (χ4v) is 2.12. The van der Waals surface area contributed by atoms with Gasteiger partial charge in [-0.05, 0) is 37.1 Å². The van der Waals surface area contributed by atoms with Gasteiger partial charge in [-0.3, -0.25) is 4.79 Å². The highest BCUT2D eigenvalue weighted by Gasteiger charge is 2.16. The second-order valence-electron chi connectivity index (χ2n) is 4.04. The number of nitrogens with zero attached hydrogens (tertiary/aromatic N) is 1. The summed E-state index contributed by atoms with van der Waals surface area (Å²) in [5.41, 5.74) is 0.843. The van der Waals surface area contributed by atoms with E-state index >= 15 is 0 Å². The summed E-state index contributed by atoms with van der Waals surface area (Å²) in [6.07, 6.45) is 2.21. The number of likely N-dealkylation sites (tertiary alicyclic amines) is 1. The molecular weight excluding hydrogens is 239 g/mol. The number of carbonyl (C=O) groups is 1. The molecule has 17 heavy (non-hydrogen) atoms. The van der Waals surface area contributed by atoms with Crippen LogP contribution in [0.5, 0.6) is 0 Å². The highest BCUT2D eigenvalue weighted by Crippen LogP contribution is 2.20. The van der Waals surface area contributed by atoms with Crippen LogP contribution in [0.4, 0.5) is 9.57 Å². The predicted molar refractivity (Wildman–Crippen MR) is 67.7 cm³/mol. The van der Waals surface area contributed by atoms with Gasteiger partial charge in [-0.25, -0.2) is 0 Å². The summed E-state index contributed by atoms with van der Waals surface area (Å²) in [4.78, 5) is 14.2. The number of amides is 1. The lowest BCUT2D eigenvalue weighted by Gasteiger charge is -2.15. The van der Waals surface area contributed by atoms with E-state index in [9.17, 15) is 8.68 Å². The molecule has 1 aromatic rings. The van der Waals surface area contributed by atoms with Crippen LogP contribution >= 0.6 is 12.1 Å². The average Bonchev–Trinajstić information content (AvgIpc) is 2.90. The van der Waals surface area contributed by atoms with E-state index in [0.29, 0.717) is 11.4 Å². The van der Waals surface area contributed by atoms with Crippen LogP contribution < -0.4 is 5.32 Å². The van der Waals surface area contributed by atoms with Crippen molar-refractivity contribution < 1.29 is 8.68 Å². The number of rotatable bonds is 4. The molecule has 92 valence electrons. The van der Waals surface area contributed by atoms with E-state index in [1.54, 1.807) is 24.3 Å². The maximum atomic E-state index is 12.2. The van der Waals surface area contributed by atoms with Crippen LogP contribution in [0.2, 0.25) is 0 Å². The lowest BCUT2D eigenvalue weighted by molar-refractivity contribution is -0.128. The van der Waals surface area contributed by atoms with Crippen molar-refractivity contribution in [2.24, 2.45) is 0 Å². The van der Waals surface area contributed by atoms with Gasteiger partial charge >= 0.3 is 0 Å². The molecule has 0 aromatic heterocycles. The van der Waals surface area contributed by atoms with E-state index in [2.05, 4.69) is 5.32 Å². The minimum Gasteiger partial charge on any atom is -0.376 e. The van der Waals surface area contributed by atoms with Crippen LogP contribution in [-0.4, -0.2) is 30.4 Å². The van der Waals surface area contributed by atoms with E-state index in [0.717, 1.165) is 31.6 Å². The first kappa shape index (κ1) is 12.2. The molecule has 0 bridgehead atoms. The van der Waals surface area contributed by atoms with Gasteiger partial charge in [0.25, 0.3) is 0 Å². The Morgan fingerprint density at radius 3 is 2.53 bits per heavy atom. The SMILES string of the molecule is O=C(CNc1ccc(SF)cc1)N1CCCC1. The third-order valence-electron chi connectivity index (χ3n) is 2.85. The molecule has 5 heteroatoms. The Labute approximate surface area is 105 Å². The number of hydrogen-bond donors (Lipinski definition) is 1. The van der Waals surface area contributed by atoms with Crippen molar-refractivity contribution in [3.8, 4) is 0 Å². The minimum atomic E-state index is 0.131. The van der Waals surface area contributed by atoms with Crippen LogP contribution in [0.3, 0.4) is 0 Å². The van der Waals surface area contributed by atoms with E-state index in [1.165, 1.54) is 0 Å². The molecule has 0 aliphatic carbocycles. The van der Waals surface area contributed by atoms with Gasteiger partial charge in [0.1, 0.15) is 0 Å². The van der Waals surface area contributed by atoms with Crippen LogP contribution in [0.15, 0.2) is 29.2 Å². The zero-order valence-corrected chi connectivity index (χ0v) is 10.3. The van der Waals surface area contributed by atoms with Crippen molar-refractivity contribution in [1.82, 2.24) is 4.90 Å². The Morgan fingerprint density at radius 1 is 1.29 bits per heavy atom. The van der Waals surface area contributed by atoms with Crippen LogP contribution in [-0.2, 0) is 4.79 Å². The Hall–Kier alpha value is -1.23. The lowest BCUT2D eigenvalue weighted by Crippen LogP contribution is -2.32. The first-order chi connectivity index (χ1) is 8.29. The Balaban J connectivity index is 1.82. The molecule has 1 aliphatic heterocycles. The van der Waals surface area contributed by atoms with Gasteiger partial charge in [-0.15, -0.1) is 0 Å². The lowest BCUT2D eigenvalue weighted by atomic mass is 10.3. The summed E-state index contributed by atoms with van der Waals surface area (Å²) < 4.78 is 12.2. The fraction of sp³-hybridized carbons (Fsp3) is 0.417. The molecular formula is C12H15FN2OS. The number of carbonyl (C=O) groups excluding carboxylic acids is 1. The molecule has 0 atom stereocenters. The molecule has 2 rings (SSSR count).